The zero-order valence-electron chi connectivity index (χ0n) is 17.5. The molecule has 6 nitrogen and oxygen atoms in total. The molecule has 1 aromatic rings. The summed E-state index contributed by atoms with van der Waals surface area (Å²) in [6, 6.07) is 5.42. The van der Waals surface area contributed by atoms with Crippen molar-refractivity contribution in [3.05, 3.63) is 29.3 Å². The van der Waals surface area contributed by atoms with Crippen molar-refractivity contribution in [1.29, 1.82) is 0 Å². The number of hydrogen-bond donors (Lipinski definition) is 2. The van der Waals surface area contributed by atoms with Gasteiger partial charge in [-0.2, -0.15) is 0 Å². The number of hydrogen-bond acceptors (Lipinski definition) is 4. The van der Waals surface area contributed by atoms with Gasteiger partial charge in [0.05, 0.1) is 11.4 Å². The highest BCUT2D eigenvalue weighted by Gasteiger charge is 2.16. The number of guanidine groups is 1. The summed E-state index contributed by atoms with van der Waals surface area (Å²) in [7, 11) is -0.991. The van der Waals surface area contributed by atoms with Crippen molar-refractivity contribution in [3.63, 3.8) is 0 Å². The molecule has 1 saturated heterocycles. The molecule has 1 fully saturated rings. The minimum Gasteiger partial charge on any atom is -0.357 e. The lowest BCUT2D eigenvalue weighted by molar-refractivity contribution is 0.213. The molecule has 1 heterocycles. The van der Waals surface area contributed by atoms with E-state index in [0.717, 1.165) is 36.1 Å². The smallest absolute Gasteiger partial charge is 0.191 e. The molecule has 0 radical (unpaired) electrons. The maximum absolute atomic E-state index is 11.7. The highest BCUT2D eigenvalue weighted by molar-refractivity contribution is 14.0. The molecule has 1 aliphatic heterocycles. The van der Waals surface area contributed by atoms with Crippen LogP contribution in [0.5, 0.6) is 0 Å². The maximum atomic E-state index is 11.7. The Bertz CT molecular complexity index is 745. The monoisotopic (exact) mass is 522 g/mol. The van der Waals surface area contributed by atoms with Crippen LogP contribution >= 0.6 is 24.0 Å². The predicted molar refractivity (Wildman–Crippen MR) is 127 cm³/mol. The summed E-state index contributed by atoms with van der Waals surface area (Å²) >= 11 is 0. The second-order valence-corrected chi connectivity index (χ2v) is 9.51. The van der Waals surface area contributed by atoms with Gasteiger partial charge in [-0.05, 0) is 76.4 Å². The Morgan fingerprint density at radius 2 is 1.93 bits per heavy atom. The summed E-state index contributed by atoms with van der Waals surface area (Å²) in [4.78, 5) is 7.43. The van der Waals surface area contributed by atoms with E-state index in [4.69, 9.17) is 0 Å². The molecule has 0 aromatic heterocycles. The highest BCUT2D eigenvalue weighted by atomic mass is 127. The number of benzene rings is 1. The Kier molecular flexibility index (Phi) is 10.8. The fraction of sp³-hybridized carbons (Fsp3) is 0.650. The van der Waals surface area contributed by atoms with Crippen molar-refractivity contribution in [2.24, 2.45) is 10.9 Å². The van der Waals surface area contributed by atoms with Gasteiger partial charge < -0.3 is 15.5 Å². The lowest BCUT2D eigenvalue weighted by Gasteiger charge is -2.29. The first-order valence-corrected chi connectivity index (χ1v) is 11.7. The molecule has 0 atom stereocenters. The van der Waals surface area contributed by atoms with Gasteiger partial charge >= 0.3 is 0 Å². The zero-order chi connectivity index (χ0) is 19.9. The zero-order valence-corrected chi connectivity index (χ0v) is 20.6. The SMILES string of the molecule is CCNC(=NCc1ccc(S(C)(=O)=O)c(C)c1)NCCC1CCN(C)CC1.I. The number of rotatable bonds is 7. The molecular weight excluding hydrogens is 487 g/mol. The van der Waals surface area contributed by atoms with Crippen LogP contribution in [0.15, 0.2) is 28.1 Å². The number of aliphatic imine (C=N–C) groups is 1. The Hall–Kier alpha value is -0.870. The van der Waals surface area contributed by atoms with Crippen molar-refractivity contribution < 1.29 is 8.42 Å². The molecule has 2 rings (SSSR count). The first-order valence-electron chi connectivity index (χ1n) is 9.80. The first kappa shape index (κ1) is 25.2. The number of piperidine rings is 1. The molecule has 0 spiro atoms. The minimum atomic E-state index is -3.18. The highest BCUT2D eigenvalue weighted by Crippen LogP contribution is 2.19. The van der Waals surface area contributed by atoms with Crippen LogP contribution in [-0.4, -0.2) is 58.8 Å². The van der Waals surface area contributed by atoms with E-state index in [9.17, 15) is 8.42 Å². The van der Waals surface area contributed by atoms with E-state index in [1.54, 1.807) is 6.07 Å². The number of halogens is 1. The molecule has 2 N–H and O–H groups in total. The van der Waals surface area contributed by atoms with Gasteiger partial charge in [0, 0.05) is 19.3 Å². The van der Waals surface area contributed by atoms with Crippen molar-refractivity contribution in [2.75, 3.05) is 39.5 Å². The van der Waals surface area contributed by atoms with E-state index >= 15 is 0 Å². The summed E-state index contributed by atoms with van der Waals surface area (Å²) in [6.07, 6.45) is 4.96. The fourth-order valence-electron chi connectivity index (χ4n) is 3.48. The summed E-state index contributed by atoms with van der Waals surface area (Å²) in [5.74, 6) is 1.61. The van der Waals surface area contributed by atoms with Crippen LogP contribution in [0, 0.1) is 12.8 Å². The van der Waals surface area contributed by atoms with Gasteiger partial charge in [-0.15, -0.1) is 24.0 Å². The molecule has 0 aliphatic carbocycles. The van der Waals surface area contributed by atoms with Crippen LogP contribution in [0.4, 0.5) is 0 Å². The molecule has 28 heavy (non-hydrogen) atoms. The molecule has 1 aliphatic rings. The second-order valence-electron chi connectivity index (χ2n) is 7.53. The van der Waals surface area contributed by atoms with Crippen LogP contribution in [0.1, 0.15) is 37.3 Å². The van der Waals surface area contributed by atoms with Gasteiger partial charge in [0.25, 0.3) is 0 Å². The molecule has 160 valence electrons. The van der Waals surface area contributed by atoms with Crippen LogP contribution in [0.3, 0.4) is 0 Å². The van der Waals surface area contributed by atoms with E-state index in [1.807, 2.05) is 19.1 Å². The topological polar surface area (TPSA) is 73.8 Å². The molecule has 0 unspecified atom stereocenters. The average Bonchev–Trinajstić information content (AvgIpc) is 2.60. The van der Waals surface area contributed by atoms with Gasteiger partial charge in [-0.25, -0.2) is 13.4 Å². The summed E-state index contributed by atoms with van der Waals surface area (Å²) in [5, 5.41) is 6.71. The van der Waals surface area contributed by atoms with E-state index in [-0.39, 0.29) is 24.0 Å². The molecule has 0 amide bonds. The lowest BCUT2D eigenvalue weighted by atomic mass is 9.94. The molecule has 8 heteroatoms. The van der Waals surface area contributed by atoms with Gasteiger partial charge in [-0.3, -0.25) is 0 Å². The van der Waals surface area contributed by atoms with Crippen LogP contribution in [-0.2, 0) is 16.4 Å². The number of nitrogens with one attached hydrogen (secondary N) is 2. The van der Waals surface area contributed by atoms with E-state index < -0.39 is 9.84 Å². The molecule has 0 saturated carbocycles. The van der Waals surface area contributed by atoms with Crippen molar-refractivity contribution in [3.8, 4) is 0 Å². The van der Waals surface area contributed by atoms with Gasteiger partial charge in [-0.1, -0.05) is 12.1 Å². The Morgan fingerprint density at radius 3 is 2.50 bits per heavy atom. The number of nitrogens with zero attached hydrogens (tertiary/aromatic N) is 2. The van der Waals surface area contributed by atoms with E-state index in [2.05, 4.69) is 34.5 Å². The van der Waals surface area contributed by atoms with Crippen molar-refractivity contribution in [1.82, 2.24) is 15.5 Å². The molecule has 1 aromatic carbocycles. The Labute approximate surface area is 187 Å². The van der Waals surface area contributed by atoms with E-state index in [0.29, 0.717) is 11.4 Å². The van der Waals surface area contributed by atoms with E-state index in [1.165, 1.54) is 38.6 Å². The van der Waals surface area contributed by atoms with Crippen molar-refractivity contribution in [2.45, 2.75) is 44.6 Å². The second kappa shape index (κ2) is 12.0. The first-order chi connectivity index (χ1) is 12.8. The van der Waals surface area contributed by atoms with Gasteiger partial charge in [0.2, 0.25) is 0 Å². The van der Waals surface area contributed by atoms with Crippen LogP contribution in [0.25, 0.3) is 0 Å². The maximum Gasteiger partial charge on any atom is 0.191 e. The summed E-state index contributed by atoms with van der Waals surface area (Å²) < 4.78 is 23.5. The Balaban J connectivity index is 0.00000392. The third-order valence-corrected chi connectivity index (χ3v) is 6.34. The fourth-order valence-corrected chi connectivity index (χ4v) is 4.44. The lowest BCUT2D eigenvalue weighted by Crippen LogP contribution is -2.39. The van der Waals surface area contributed by atoms with Crippen LogP contribution < -0.4 is 10.6 Å². The quantitative estimate of drug-likeness (QED) is 0.328. The number of aryl methyl sites for hydroxylation is 1. The molecular formula is C20H35IN4O2S. The van der Waals surface area contributed by atoms with Gasteiger partial charge in [0.1, 0.15) is 0 Å². The normalized spacial score (nSPS) is 16.5. The number of likely N-dealkylation sites (tertiary alicyclic amines) is 1. The molecule has 0 bridgehead atoms. The largest absolute Gasteiger partial charge is 0.357 e. The third kappa shape index (κ3) is 8.24. The summed E-state index contributed by atoms with van der Waals surface area (Å²) in [6.45, 7) is 8.53. The third-order valence-electron chi connectivity index (χ3n) is 5.09. The minimum absolute atomic E-state index is 0. The number of sulfone groups is 1. The summed E-state index contributed by atoms with van der Waals surface area (Å²) in [5.41, 5.74) is 1.78. The van der Waals surface area contributed by atoms with Gasteiger partial charge in [0.15, 0.2) is 15.8 Å². The van der Waals surface area contributed by atoms with Crippen LogP contribution in [0.2, 0.25) is 0 Å². The standard InChI is InChI=1S/C20H34N4O2S.HI/c1-5-21-20(22-11-8-17-9-12-24(3)13-10-17)23-15-18-6-7-19(16(2)14-18)27(4,25)26;/h6-7,14,17H,5,8-13,15H2,1-4H3,(H2,21,22,23);1H. The van der Waals surface area contributed by atoms with Crippen molar-refractivity contribution >= 4 is 39.8 Å². The predicted octanol–water partition coefficient (Wildman–Crippen LogP) is 2.80. The Morgan fingerprint density at radius 1 is 1.25 bits per heavy atom. The average molecular weight is 522 g/mol.